The third-order valence-electron chi connectivity index (χ3n) is 3.02. The lowest BCUT2D eigenvalue weighted by Gasteiger charge is -2.20. The van der Waals surface area contributed by atoms with Gasteiger partial charge in [-0.3, -0.25) is 0 Å². The minimum atomic E-state index is 0.366. The topological polar surface area (TPSA) is 55.0 Å². The Balaban J connectivity index is 2.18. The maximum atomic E-state index is 6.00. The highest BCUT2D eigenvalue weighted by molar-refractivity contribution is 7.09. The lowest BCUT2D eigenvalue weighted by atomic mass is 10.2. The van der Waals surface area contributed by atoms with E-state index in [1.807, 2.05) is 18.2 Å². The molecule has 0 spiro atoms. The number of anilines is 2. The average Bonchev–Trinajstić information content (AvgIpc) is 2.87. The van der Waals surface area contributed by atoms with Crippen LogP contribution in [0.4, 0.5) is 10.8 Å². The molecule has 0 amide bonds. The van der Waals surface area contributed by atoms with Crippen molar-refractivity contribution in [1.29, 1.82) is 0 Å². The first-order valence-corrected chi connectivity index (χ1v) is 7.31. The molecule has 2 N–H and O–H groups in total. The fraction of sp³-hybridized carbons (Fsp3) is 0.429. The molecule has 4 nitrogen and oxygen atoms in total. The van der Waals surface area contributed by atoms with Crippen molar-refractivity contribution < 1.29 is 0 Å². The van der Waals surface area contributed by atoms with Crippen LogP contribution in [0.15, 0.2) is 24.3 Å². The van der Waals surface area contributed by atoms with Crippen LogP contribution in [0, 0.1) is 0 Å². The second-order valence-electron chi connectivity index (χ2n) is 4.80. The zero-order chi connectivity index (χ0) is 13.8. The molecule has 0 aliphatic heterocycles. The van der Waals surface area contributed by atoms with E-state index in [9.17, 15) is 0 Å². The predicted molar refractivity (Wildman–Crippen MR) is 81.6 cm³/mol. The molecule has 19 heavy (non-hydrogen) atoms. The van der Waals surface area contributed by atoms with E-state index >= 15 is 0 Å². The molecule has 0 saturated carbocycles. The monoisotopic (exact) mass is 276 g/mol. The summed E-state index contributed by atoms with van der Waals surface area (Å²) in [7, 11) is 0. The Hall–Kier alpha value is -1.62. The van der Waals surface area contributed by atoms with E-state index in [1.165, 1.54) is 11.5 Å². The van der Waals surface area contributed by atoms with E-state index < -0.39 is 0 Å². The summed E-state index contributed by atoms with van der Waals surface area (Å²) in [6.45, 7) is 8.00. The first-order valence-electron chi connectivity index (χ1n) is 6.53. The van der Waals surface area contributed by atoms with Crippen molar-refractivity contribution in [2.75, 3.05) is 17.2 Å². The molecule has 1 heterocycles. The second kappa shape index (κ2) is 6.02. The number of rotatable bonds is 5. The maximum Gasteiger partial charge on any atom is 0.205 e. The van der Waals surface area contributed by atoms with Crippen LogP contribution in [0.2, 0.25) is 0 Å². The maximum absolute atomic E-state index is 6.00. The number of hydrogen-bond acceptors (Lipinski definition) is 5. The Morgan fingerprint density at radius 2 is 2.05 bits per heavy atom. The molecule has 0 atom stereocenters. The normalized spacial score (nSPS) is 10.9. The van der Waals surface area contributed by atoms with Crippen molar-refractivity contribution in [3.05, 3.63) is 35.7 Å². The number of benzene rings is 1. The summed E-state index contributed by atoms with van der Waals surface area (Å²) in [4.78, 5) is 6.80. The van der Waals surface area contributed by atoms with Gasteiger partial charge in [-0.05, 0) is 18.6 Å². The summed E-state index contributed by atoms with van der Waals surface area (Å²) in [5.74, 6) is 1.28. The Labute approximate surface area is 118 Å². The highest BCUT2D eigenvalue weighted by Gasteiger charge is 2.14. The van der Waals surface area contributed by atoms with Gasteiger partial charge in [0.1, 0.15) is 5.82 Å². The Bertz CT molecular complexity index is 536. The molecule has 0 radical (unpaired) electrons. The van der Waals surface area contributed by atoms with E-state index in [-0.39, 0.29) is 0 Å². The molecule has 2 rings (SSSR count). The van der Waals surface area contributed by atoms with E-state index in [4.69, 9.17) is 5.73 Å². The van der Waals surface area contributed by atoms with Crippen LogP contribution < -0.4 is 10.6 Å². The quantitative estimate of drug-likeness (QED) is 0.852. The van der Waals surface area contributed by atoms with Gasteiger partial charge in [0.25, 0.3) is 0 Å². The molecule has 1 aromatic carbocycles. The van der Waals surface area contributed by atoms with Crippen molar-refractivity contribution >= 4 is 22.4 Å². The highest BCUT2D eigenvalue weighted by atomic mass is 32.1. The number of para-hydroxylation sites is 1. The largest absolute Gasteiger partial charge is 0.398 e. The van der Waals surface area contributed by atoms with Gasteiger partial charge in [0.15, 0.2) is 0 Å². The minimum absolute atomic E-state index is 0.366. The van der Waals surface area contributed by atoms with Crippen molar-refractivity contribution in [1.82, 2.24) is 9.36 Å². The van der Waals surface area contributed by atoms with E-state index in [0.717, 1.165) is 35.3 Å². The molecule has 0 aliphatic carbocycles. The van der Waals surface area contributed by atoms with Crippen molar-refractivity contribution in [3.63, 3.8) is 0 Å². The van der Waals surface area contributed by atoms with Gasteiger partial charge in [0, 0.05) is 36.2 Å². The molecule has 0 unspecified atom stereocenters. The van der Waals surface area contributed by atoms with E-state index in [1.54, 1.807) is 0 Å². The van der Waals surface area contributed by atoms with Gasteiger partial charge < -0.3 is 10.6 Å². The number of aromatic nitrogens is 2. The molecule has 0 aliphatic rings. The number of hydrogen-bond donors (Lipinski definition) is 1. The van der Waals surface area contributed by atoms with Crippen LogP contribution in [-0.2, 0) is 6.54 Å². The fourth-order valence-electron chi connectivity index (χ4n) is 1.79. The third kappa shape index (κ3) is 3.23. The highest BCUT2D eigenvalue weighted by Crippen LogP contribution is 2.24. The Kier molecular flexibility index (Phi) is 4.37. The molecular weight excluding hydrogens is 256 g/mol. The van der Waals surface area contributed by atoms with Crippen molar-refractivity contribution in [2.24, 2.45) is 0 Å². The first kappa shape index (κ1) is 13.8. The predicted octanol–water partition coefficient (Wildman–Crippen LogP) is 3.27. The number of nitrogens with zero attached hydrogens (tertiary/aromatic N) is 3. The van der Waals surface area contributed by atoms with Gasteiger partial charge in [0.2, 0.25) is 5.13 Å². The van der Waals surface area contributed by atoms with Gasteiger partial charge >= 0.3 is 0 Å². The van der Waals surface area contributed by atoms with Crippen LogP contribution in [0.5, 0.6) is 0 Å². The zero-order valence-corrected chi connectivity index (χ0v) is 12.4. The van der Waals surface area contributed by atoms with E-state index in [0.29, 0.717) is 5.92 Å². The van der Waals surface area contributed by atoms with Gasteiger partial charge in [-0.2, -0.15) is 4.37 Å². The zero-order valence-electron chi connectivity index (χ0n) is 11.6. The van der Waals surface area contributed by atoms with Gasteiger partial charge in [-0.15, -0.1) is 0 Å². The Morgan fingerprint density at radius 3 is 2.63 bits per heavy atom. The summed E-state index contributed by atoms with van der Waals surface area (Å²) in [6.07, 6.45) is 0. The smallest absolute Gasteiger partial charge is 0.205 e. The fourth-order valence-corrected chi connectivity index (χ4v) is 2.66. The Morgan fingerprint density at radius 1 is 1.32 bits per heavy atom. The molecule has 0 bridgehead atoms. The molecule has 1 aromatic heterocycles. The lowest BCUT2D eigenvalue weighted by molar-refractivity contribution is 0.779. The summed E-state index contributed by atoms with van der Waals surface area (Å²) in [5, 5.41) is 0.967. The van der Waals surface area contributed by atoms with Crippen molar-refractivity contribution in [3.8, 4) is 0 Å². The summed E-state index contributed by atoms with van der Waals surface area (Å²) >= 11 is 1.46. The minimum Gasteiger partial charge on any atom is -0.398 e. The molecule has 0 fully saturated rings. The first-order chi connectivity index (χ1) is 9.11. The van der Waals surface area contributed by atoms with Crippen LogP contribution >= 0.6 is 11.5 Å². The SMILES string of the molecule is CCN(Cc1ccccc1N)c1nc(C(C)C)ns1. The van der Waals surface area contributed by atoms with Crippen LogP contribution in [0.1, 0.15) is 38.1 Å². The van der Waals surface area contributed by atoms with Gasteiger partial charge in [-0.1, -0.05) is 32.0 Å². The molecular formula is C14H20N4S. The summed E-state index contributed by atoms with van der Waals surface area (Å²) < 4.78 is 4.41. The molecule has 0 saturated heterocycles. The average molecular weight is 276 g/mol. The number of nitrogens with two attached hydrogens (primary N) is 1. The van der Waals surface area contributed by atoms with E-state index in [2.05, 4.69) is 41.1 Å². The second-order valence-corrected chi connectivity index (χ2v) is 5.53. The summed E-state index contributed by atoms with van der Waals surface area (Å²) in [5.41, 5.74) is 7.95. The molecule has 5 heteroatoms. The molecule has 102 valence electrons. The van der Waals surface area contributed by atoms with Gasteiger partial charge in [-0.25, -0.2) is 4.98 Å². The molecule has 2 aromatic rings. The van der Waals surface area contributed by atoms with Crippen LogP contribution in [0.3, 0.4) is 0 Å². The van der Waals surface area contributed by atoms with Crippen LogP contribution in [0.25, 0.3) is 0 Å². The number of nitrogen functional groups attached to an aromatic ring is 1. The summed E-state index contributed by atoms with van der Waals surface area (Å²) in [6, 6.07) is 7.96. The standard InChI is InChI=1S/C14H20N4S/c1-4-18(9-11-7-5-6-8-12(11)15)14-16-13(10(2)3)17-19-14/h5-8,10H,4,9,15H2,1-3H3. The lowest BCUT2D eigenvalue weighted by Crippen LogP contribution is -2.22. The van der Waals surface area contributed by atoms with Crippen LogP contribution in [-0.4, -0.2) is 15.9 Å². The van der Waals surface area contributed by atoms with Crippen molar-refractivity contribution in [2.45, 2.75) is 33.2 Å². The van der Waals surface area contributed by atoms with Gasteiger partial charge in [0.05, 0.1) is 0 Å². The third-order valence-corrected chi connectivity index (χ3v) is 3.81.